The number of hydrazine groups is 1. The summed E-state index contributed by atoms with van der Waals surface area (Å²) >= 11 is 0. The number of hydrogen-bond acceptors (Lipinski definition) is 4. The second kappa shape index (κ2) is 3.96. The van der Waals surface area contributed by atoms with Crippen LogP contribution >= 0.6 is 0 Å². The average Bonchev–Trinajstić information content (AvgIpc) is 2.92. The molecule has 0 unspecified atom stereocenters. The summed E-state index contributed by atoms with van der Waals surface area (Å²) in [7, 11) is 0. The van der Waals surface area contributed by atoms with Gasteiger partial charge in [0.25, 0.3) is 5.91 Å². The molecule has 1 N–H and O–H groups in total. The molecular weight excluding hydrogens is 256 g/mol. The first-order valence-corrected chi connectivity index (χ1v) is 7.80. The molecule has 4 aliphatic rings. The molecule has 4 atom stereocenters. The van der Waals surface area contributed by atoms with Crippen molar-refractivity contribution in [3.8, 4) is 0 Å². The molecule has 2 saturated carbocycles. The minimum absolute atomic E-state index is 0.00103. The number of hydrogen-bond donors (Lipinski definition) is 1. The lowest BCUT2D eigenvalue weighted by molar-refractivity contribution is -0.162. The van der Waals surface area contributed by atoms with Gasteiger partial charge in [-0.25, -0.2) is 5.01 Å². The van der Waals surface area contributed by atoms with E-state index in [-0.39, 0.29) is 16.7 Å². The van der Waals surface area contributed by atoms with Crippen LogP contribution < -0.4 is 5.43 Å². The Morgan fingerprint density at radius 1 is 1.30 bits per heavy atom. The predicted octanol–water partition coefficient (Wildman–Crippen LogP) is 0.945. The number of carbonyl (C=O) groups excluding carboxylic acids is 1. The van der Waals surface area contributed by atoms with E-state index >= 15 is 0 Å². The summed E-state index contributed by atoms with van der Waals surface area (Å²) in [5, 5.41) is 1.98. The normalized spacial score (nSPS) is 50.6. The molecule has 2 aliphatic carbocycles. The molecule has 5 nitrogen and oxygen atoms in total. The standard InChI is InChI=1S/C15H24N2O3/c1-13-10-20-15(9-11(13)3-4-14(13,15)2)12(18)16-17-5-7-19-8-6-17/h11H,3-10H2,1-2H3,(H,16,18)/t11-,13-,14+,15-/m1/s1. The maximum Gasteiger partial charge on any atom is 0.267 e. The Balaban J connectivity index is 1.57. The van der Waals surface area contributed by atoms with Crippen LogP contribution in [0.15, 0.2) is 0 Å². The van der Waals surface area contributed by atoms with Gasteiger partial charge >= 0.3 is 0 Å². The van der Waals surface area contributed by atoms with E-state index in [1.54, 1.807) is 0 Å². The van der Waals surface area contributed by atoms with Crippen LogP contribution in [0.2, 0.25) is 0 Å². The quantitative estimate of drug-likeness (QED) is 0.818. The summed E-state index contributed by atoms with van der Waals surface area (Å²) in [5.74, 6) is 0.726. The molecule has 2 aliphatic heterocycles. The number of ether oxygens (including phenoxy) is 2. The van der Waals surface area contributed by atoms with Crippen LogP contribution in [0.5, 0.6) is 0 Å². The average molecular weight is 280 g/mol. The van der Waals surface area contributed by atoms with Crippen molar-refractivity contribution < 1.29 is 14.3 Å². The second-order valence-electron chi connectivity index (χ2n) is 7.35. The minimum Gasteiger partial charge on any atom is -0.379 e. The molecule has 4 rings (SSSR count). The first-order valence-electron chi connectivity index (χ1n) is 7.80. The summed E-state index contributed by atoms with van der Waals surface area (Å²) in [6.07, 6.45) is 3.27. The Bertz CT molecular complexity index is 450. The summed E-state index contributed by atoms with van der Waals surface area (Å²) in [4.78, 5) is 12.9. The van der Waals surface area contributed by atoms with Crippen LogP contribution in [0.25, 0.3) is 0 Å². The number of rotatable bonds is 2. The van der Waals surface area contributed by atoms with Crippen LogP contribution in [0.1, 0.15) is 33.1 Å². The van der Waals surface area contributed by atoms with Crippen molar-refractivity contribution in [2.45, 2.75) is 38.7 Å². The molecule has 0 aromatic carbocycles. The molecule has 2 heterocycles. The lowest BCUT2D eigenvalue weighted by atomic mass is 9.66. The Morgan fingerprint density at radius 2 is 2.05 bits per heavy atom. The number of nitrogens with zero attached hydrogens (tertiary/aromatic N) is 1. The van der Waals surface area contributed by atoms with Crippen LogP contribution in [0.3, 0.4) is 0 Å². The van der Waals surface area contributed by atoms with Crippen LogP contribution in [0, 0.1) is 16.7 Å². The van der Waals surface area contributed by atoms with Crippen molar-refractivity contribution in [3.05, 3.63) is 0 Å². The first-order chi connectivity index (χ1) is 9.52. The fourth-order valence-corrected chi connectivity index (χ4v) is 5.17. The van der Waals surface area contributed by atoms with Gasteiger partial charge in [0.05, 0.1) is 19.8 Å². The van der Waals surface area contributed by atoms with Crippen molar-refractivity contribution in [3.63, 3.8) is 0 Å². The topological polar surface area (TPSA) is 50.8 Å². The molecule has 112 valence electrons. The third-order valence-electron chi connectivity index (χ3n) is 6.84. The van der Waals surface area contributed by atoms with Crippen molar-refractivity contribution in [2.75, 3.05) is 32.9 Å². The van der Waals surface area contributed by atoms with Crippen LogP contribution in [-0.2, 0) is 14.3 Å². The Labute approximate surface area is 119 Å². The molecule has 1 amide bonds. The molecule has 20 heavy (non-hydrogen) atoms. The summed E-state index contributed by atoms with van der Waals surface area (Å²) in [5.41, 5.74) is 2.69. The van der Waals surface area contributed by atoms with Crippen molar-refractivity contribution >= 4 is 5.91 Å². The fraction of sp³-hybridized carbons (Fsp3) is 0.933. The van der Waals surface area contributed by atoms with Gasteiger partial charge in [0.1, 0.15) is 0 Å². The van der Waals surface area contributed by atoms with Crippen molar-refractivity contribution in [2.24, 2.45) is 16.7 Å². The largest absolute Gasteiger partial charge is 0.379 e. The molecule has 2 saturated heterocycles. The molecule has 4 bridgehead atoms. The Morgan fingerprint density at radius 3 is 2.70 bits per heavy atom. The Hall–Kier alpha value is -0.650. The smallest absolute Gasteiger partial charge is 0.267 e. The lowest BCUT2D eigenvalue weighted by Gasteiger charge is -2.41. The molecule has 0 radical (unpaired) electrons. The van der Waals surface area contributed by atoms with E-state index in [1.807, 2.05) is 5.01 Å². The van der Waals surface area contributed by atoms with Gasteiger partial charge < -0.3 is 9.47 Å². The summed E-state index contributed by atoms with van der Waals surface area (Å²) in [6.45, 7) is 8.23. The fourth-order valence-electron chi connectivity index (χ4n) is 5.17. The highest BCUT2D eigenvalue weighted by atomic mass is 16.5. The highest BCUT2D eigenvalue weighted by molar-refractivity contribution is 5.87. The number of carbonyl (C=O) groups is 1. The van der Waals surface area contributed by atoms with E-state index in [0.29, 0.717) is 19.1 Å². The van der Waals surface area contributed by atoms with Gasteiger partial charge in [-0.1, -0.05) is 13.8 Å². The molecule has 0 aromatic heterocycles. The molecule has 5 heteroatoms. The number of morpholine rings is 1. The monoisotopic (exact) mass is 280 g/mol. The van der Waals surface area contributed by atoms with Crippen molar-refractivity contribution in [1.82, 2.24) is 10.4 Å². The van der Waals surface area contributed by atoms with E-state index < -0.39 is 5.60 Å². The SMILES string of the molecule is C[C@@]12CC[C@@H]3C[C@]1(C(=O)NN1CCOCC1)OC[C@]32C. The number of amides is 1. The first kappa shape index (κ1) is 13.0. The second-order valence-corrected chi connectivity index (χ2v) is 7.35. The van der Waals surface area contributed by atoms with Crippen LogP contribution in [0.4, 0.5) is 0 Å². The number of nitrogens with one attached hydrogen (secondary N) is 1. The highest BCUT2D eigenvalue weighted by Crippen LogP contribution is 2.74. The maximum atomic E-state index is 12.9. The molecule has 0 spiro atoms. The van der Waals surface area contributed by atoms with E-state index in [9.17, 15) is 4.79 Å². The zero-order chi connectivity index (χ0) is 14.0. The van der Waals surface area contributed by atoms with E-state index in [4.69, 9.17) is 9.47 Å². The van der Waals surface area contributed by atoms with Gasteiger partial charge in [0, 0.05) is 23.9 Å². The lowest BCUT2D eigenvalue weighted by Crippen LogP contribution is -2.60. The van der Waals surface area contributed by atoms with E-state index in [2.05, 4.69) is 19.3 Å². The van der Waals surface area contributed by atoms with Gasteiger partial charge in [-0.05, 0) is 25.2 Å². The zero-order valence-electron chi connectivity index (χ0n) is 12.4. The zero-order valence-corrected chi connectivity index (χ0v) is 12.4. The summed E-state index contributed by atoms with van der Waals surface area (Å²) in [6, 6.07) is 0. The van der Waals surface area contributed by atoms with Gasteiger partial charge in [-0.3, -0.25) is 10.2 Å². The van der Waals surface area contributed by atoms with Gasteiger partial charge in [-0.15, -0.1) is 0 Å². The molecular formula is C15H24N2O3. The Kier molecular flexibility index (Phi) is 2.58. The third kappa shape index (κ3) is 1.32. The maximum absolute atomic E-state index is 12.9. The highest BCUT2D eigenvalue weighted by Gasteiger charge is 2.78. The van der Waals surface area contributed by atoms with Gasteiger partial charge in [0.2, 0.25) is 0 Å². The molecule has 4 fully saturated rings. The van der Waals surface area contributed by atoms with Crippen molar-refractivity contribution in [1.29, 1.82) is 0 Å². The van der Waals surface area contributed by atoms with E-state index in [1.165, 1.54) is 6.42 Å². The van der Waals surface area contributed by atoms with Gasteiger partial charge in [-0.2, -0.15) is 0 Å². The van der Waals surface area contributed by atoms with E-state index in [0.717, 1.165) is 32.5 Å². The van der Waals surface area contributed by atoms with Crippen LogP contribution in [-0.4, -0.2) is 49.4 Å². The summed E-state index contributed by atoms with van der Waals surface area (Å²) < 4.78 is 11.4. The predicted molar refractivity (Wildman–Crippen MR) is 72.8 cm³/mol. The van der Waals surface area contributed by atoms with Gasteiger partial charge in [0.15, 0.2) is 5.60 Å². The minimum atomic E-state index is -0.594. The molecule has 0 aromatic rings. The third-order valence-corrected chi connectivity index (χ3v) is 6.84.